The lowest BCUT2D eigenvalue weighted by molar-refractivity contribution is 0.427. The summed E-state index contributed by atoms with van der Waals surface area (Å²) in [6.07, 6.45) is 0. The molecule has 0 unspecified atom stereocenters. The zero-order valence-electron chi connectivity index (χ0n) is 12.8. The van der Waals surface area contributed by atoms with Gasteiger partial charge in [-0.3, -0.25) is 0 Å². The summed E-state index contributed by atoms with van der Waals surface area (Å²) >= 11 is 3.16. The van der Waals surface area contributed by atoms with Crippen LogP contribution >= 0.6 is 23.1 Å². The van der Waals surface area contributed by atoms with Gasteiger partial charge in [0.1, 0.15) is 0 Å². The fourth-order valence-electron chi connectivity index (χ4n) is 2.27. The third kappa shape index (κ3) is 2.98. The molecule has 24 heavy (non-hydrogen) atoms. The fraction of sp³-hybridized carbons (Fsp3) is 0.125. The number of aromatic nitrogens is 5. The van der Waals surface area contributed by atoms with Crippen molar-refractivity contribution in [1.29, 1.82) is 0 Å². The van der Waals surface area contributed by atoms with Crippen molar-refractivity contribution in [2.45, 2.75) is 17.8 Å². The number of hydrogen-bond acceptors (Lipinski definition) is 7. The maximum absolute atomic E-state index is 5.40. The van der Waals surface area contributed by atoms with Crippen LogP contribution < -0.4 is 0 Å². The first-order chi connectivity index (χ1) is 11.8. The van der Waals surface area contributed by atoms with Gasteiger partial charge in [0.15, 0.2) is 5.76 Å². The van der Waals surface area contributed by atoms with Crippen molar-refractivity contribution in [2.24, 2.45) is 0 Å². The number of benzene rings is 1. The largest absolute Gasteiger partial charge is 0.355 e. The van der Waals surface area contributed by atoms with Crippen molar-refractivity contribution < 1.29 is 4.52 Å². The lowest BCUT2D eigenvalue weighted by atomic mass is 10.2. The van der Waals surface area contributed by atoms with E-state index < -0.39 is 0 Å². The summed E-state index contributed by atoms with van der Waals surface area (Å²) in [4.78, 5) is 1.07. The first-order valence-electron chi connectivity index (χ1n) is 7.28. The summed E-state index contributed by atoms with van der Waals surface area (Å²) in [6.45, 7) is 2.04. The summed E-state index contributed by atoms with van der Waals surface area (Å²) in [5.41, 5.74) is 2.96. The van der Waals surface area contributed by atoms with Crippen LogP contribution in [0.15, 0.2) is 57.5 Å². The quantitative estimate of drug-likeness (QED) is 0.504. The van der Waals surface area contributed by atoms with Crippen molar-refractivity contribution in [3.63, 3.8) is 0 Å². The van der Waals surface area contributed by atoms with Gasteiger partial charge >= 0.3 is 0 Å². The number of hydrogen-bond donors (Lipinski definition) is 0. The lowest BCUT2D eigenvalue weighted by Crippen LogP contribution is -2.01. The molecule has 3 aromatic heterocycles. The van der Waals surface area contributed by atoms with E-state index >= 15 is 0 Å². The highest BCUT2D eigenvalue weighted by Crippen LogP contribution is 2.28. The second-order valence-electron chi connectivity index (χ2n) is 5.11. The Bertz CT molecular complexity index is 945. The minimum atomic E-state index is 0.640. The molecule has 0 saturated carbocycles. The molecular weight excluding hydrogens is 342 g/mol. The van der Waals surface area contributed by atoms with Gasteiger partial charge in [-0.1, -0.05) is 41.2 Å². The topological polar surface area (TPSA) is 69.6 Å². The summed E-state index contributed by atoms with van der Waals surface area (Å²) in [5.74, 6) is 1.43. The predicted molar refractivity (Wildman–Crippen MR) is 93.3 cm³/mol. The molecule has 0 spiro atoms. The van der Waals surface area contributed by atoms with Crippen molar-refractivity contribution in [1.82, 2.24) is 25.4 Å². The maximum Gasteiger partial charge on any atom is 0.214 e. The average Bonchev–Trinajstić information content (AvgIpc) is 3.34. The standard InChI is InChI=1S/C16H13N5OS2/c1-11-5-2-3-6-13(11)21-16(17-19-20-21)24-10-12-9-14(22-18-12)15-7-4-8-23-15/h2-9H,10H2,1H3. The van der Waals surface area contributed by atoms with Crippen LogP contribution in [0.3, 0.4) is 0 Å². The van der Waals surface area contributed by atoms with Gasteiger partial charge in [0.05, 0.1) is 16.3 Å². The Morgan fingerprint density at radius 3 is 2.96 bits per heavy atom. The second kappa shape index (κ2) is 6.58. The van der Waals surface area contributed by atoms with Gasteiger partial charge in [-0.2, -0.15) is 4.68 Å². The highest BCUT2D eigenvalue weighted by Gasteiger charge is 2.13. The van der Waals surface area contributed by atoms with Crippen molar-refractivity contribution >= 4 is 23.1 Å². The molecule has 120 valence electrons. The summed E-state index contributed by atoms with van der Waals surface area (Å²) in [7, 11) is 0. The lowest BCUT2D eigenvalue weighted by Gasteiger charge is -2.06. The van der Waals surface area contributed by atoms with Gasteiger partial charge in [0.2, 0.25) is 5.16 Å². The summed E-state index contributed by atoms with van der Waals surface area (Å²) < 4.78 is 7.15. The third-order valence-electron chi connectivity index (χ3n) is 3.46. The molecule has 3 heterocycles. The highest BCUT2D eigenvalue weighted by atomic mass is 32.2. The number of thiophene rings is 1. The SMILES string of the molecule is Cc1ccccc1-n1nnnc1SCc1cc(-c2cccs2)on1. The van der Waals surface area contributed by atoms with Crippen LogP contribution in [0.2, 0.25) is 0 Å². The molecule has 4 rings (SSSR count). The molecule has 0 fully saturated rings. The molecule has 0 aliphatic carbocycles. The Kier molecular flexibility index (Phi) is 4.14. The van der Waals surface area contributed by atoms with E-state index in [9.17, 15) is 0 Å². The van der Waals surface area contributed by atoms with Gasteiger partial charge in [0.25, 0.3) is 0 Å². The van der Waals surface area contributed by atoms with Gasteiger partial charge < -0.3 is 4.52 Å². The van der Waals surface area contributed by atoms with E-state index in [-0.39, 0.29) is 0 Å². The van der Waals surface area contributed by atoms with Gasteiger partial charge in [-0.05, 0) is 40.4 Å². The van der Waals surface area contributed by atoms with Crippen LogP contribution in [0.5, 0.6) is 0 Å². The first kappa shape index (κ1) is 15.1. The van der Waals surface area contributed by atoms with E-state index in [2.05, 4.69) is 20.7 Å². The molecule has 0 aliphatic rings. The summed E-state index contributed by atoms with van der Waals surface area (Å²) in [6, 6.07) is 14.0. The monoisotopic (exact) mass is 355 g/mol. The maximum atomic E-state index is 5.40. The molecule has 0 bridgehead atoms. The van der Waals surface area contributed by atoms with Crippen molar-refractivity contribution in [2.75, 3.05) is 0 Å². The van der Waals surface area contributed by atoms with Crippen LogP contribution in [0.4, 0.5) is 0 Å². The molecule has 1 aromatic carbocycles. The zero-order valence-corrected chi connectivity index (χ0v) is 14.4. The third-order valence-corrected chi connectivity index (χ3v) is 5.29. The number of thioether (sulfide) groups is 1. The number of rotatable bonds is 5. The first-order valence-corrected chi connectivity index (χ1v) is 9.14. The molecular formula is C16H13N5OS2. The molecule has 6 nitrogen and oxygen atoms in total. The number of aryl methyl sites for hydroxylation is 1. The smallest absolute Gasteiger partial charge is 0.214 e. The molecule has 0 aliphatic heterocycles. The zero-order chi connectivity index (χ0) is 16.4. The summed E-state index contributed by atoms with van der Waals surface area (Å²) in [5, 5.41) is 18.9. The Morgan fingerprint density at radius 1 is 1.21 bits per heavy atom. The van der Waals surface area contributed by atoms with Crippen LogP contribution in [-0.2, 0) is 5.75 Å². The van der Waals surface area contributed by atoms with E-state index in [0.29, 0.717) is 5.75 Å². The minimum Gasteiger partial charge on any atom is -0.355 e. The molecule has 0 amide bonds. The Balaban J connectivity index is 1.52. The molecule has 0 radical (unpaired) electrons. The second-order valence-corrected chi connectivity index (χ2v) is 7.00. The number of nitrogens with zero attached hydrogens (tertiary/aromatic N) is 5. The average molecular weight is 355 g/mol. The van der Waals surface area contributed by atoms with Gasteiger partial charge in [0, 0.05) is 11.8 Å². The number of para-hydroxylation sites is 1. The predicted octanol–water partition coefficient (Wildman–Crippen LogP) is 3.98. The van der Waals surface area contributed by atoms with E-state index in [1.54, 1.807) is 16.0 Å². The van der Waals surface area contributed by atoms with E-state index in [0.717, 1.165) is 32.7 Å². The fourth-order valence-corrected chi connectivity index (χ4v) is 3.71. The molecule has 0 N–H and O–H groups in total. The van der Waals surface area contributed by atoms with Gasteiger partial charge in [-0.25, -0.2) is 0 Å². The minimum absolute atomic E-state index is 0.640. The van der Waals surface area contributed by atoms with Crippen molar-refractivity contribution in [3.8, 4) is 16.3 Å². The van der Waals surface area contributed by atoms with Crippen molar-refractivity contribution in [3.05, 3.63) is 59.1 Å². The Morgan fingerprint density at radius 2 is 2.12 bits per heavy atom. The van der Waals surface area contributed by atoms with Crippen LogP contribution in [0.1, 0.15) is 11.3 Å². The highest BCUT2D eigenvalue weighted by molar-refractivity contribution is 7.98. The van der Waals surface area contributed by atoms with Gasteiger partial charge in [-0.15, -0.1) is 16.4 Å². The molecule has 8 heteroatoms. The van der Waals surface area contributed by atoms with E-state index in [1.165, 1.54) is 11.8 Å². The molecule has 4 aromatic rings. The van der Waals surface area contributed by atoms with E-state index in [1.807, 2.05) is 54.8 Å². The van der Waals surface area contributed by atoms with Crippen LogP contribution in [-0.4, -0.2) is 25.4 Å². The Labute approximate surface area is 146 Å². The van der Waals surface area contributed by atoms with Crippen LogP contribution in [0, 0.1) is 6.92 Å². The molecule has 0 atom stereocenters. The Hall–Kier alpha value is -2.45. The molecule has 0 saturated heterocycles. The normalized spacial score (nSPS) is 11.0. The van der Waals surface area contributed by atoms with E-state index in [4.69, 9.17) is 4.52 Å². The van der Waals surface area contributed by atoms with Crippen LogP contribution in [0.25, 0.3) is 16.3 Å². The number of tetrazole rings is 1.